The van der Waals surface area contributed by atoms with Crippen molar-refractivity contribution in [3.8, 4) is 0 Å². The predicted molar refractivity (Wildman–Crippen MR) is 95.8 cm³/mol. The Kier molecular flexibility index (Phi) is 6.74. The number of carbonyl (C=O) groups is 1. The Bertz CT molecular complexity index is 612. The Morgan fingerprint density at radius 2 is 2.04 bits per heavy atom. The van der Waals surface area contributed by atoms with Crippen LogP contribution in [0.5, 0.6) is 0 Å². The molecule has 124 valence electrons. The summed E-state index contributed by atoms with van der Waals surface area (Å²) in [5.41, 5.74) is 7.36. The van der Waals surface area contributed by atoms with E-state index < -0.39 is 0 Å². The summed E-state index contributed by atoms with van der Waals surface area (Å²) in [7, 11) is 0. The molecule has 1 aromatic heterocycles. The van der Waals surface area contributed by atoms with Crippen LogP contribution in [-0.2, 0) is 12.8 Å². The second-order valence-corrected chi connectivity index (χ2v) is 6.45. The van der Waals surface area contributed by atoms with E-state index in [1.165, 1.54) is 16.9 Å². The van der Waals surface area contributed by atoms with Gasteiger partial charge in [-0.2, -0.15) is 0 Å². The summed E-state index contributed by atoms with van der Waals surface area (Å²) in [4.78, 5) is 19.2. The van der Waals surface area contributed by atoms with Gasteiger partial charge in [0.05, 0.1) is 5.01 Å². The van der Waals surface area contributed by atoms with Crippen LogP contribution in [0.4, 0.5) is 0 Å². The standard InChI is InChI=1S/C18H25N3OS/c1-3-15(12-14-8-6-5-7-9-14)21(4-2)18(22)16-13-23-17(20-16)10-11-19/h5-9,13,15H,3-4,10-12,19H2,1-2H3. The number of thiazole rings is 1. The van der Waals surface area contributed by atoms with Gasteiger partial charge in [0.1, 0.15) is 5.69 Å². The maximum Gasteiger partial charge on any atom is 0.273 e. The van der Waals surface area contributed by atoms with E-state index in [1.807, 2.05) is 35.4 Å². The van der Waals surface area contributed by atoms with Crippen LogP contribution in [0.3, 0.4) is 0 Å². The topological polar surface area (TPSA) is 59.2 Å². The Balaban J connectivity index is 2.13. The molecular formula is C18H25N3OS. The van der Waals surface area contributed by atoms with Crippen LogP contribution in [0, 0.1) is 0 Å². The average Bonchev–Trinajstić information content (AvgIpc) is 3.04. The van der Waals surface area contributed by atoms with Crippen molar-refractivity contribution >= 4 is 17.2 Å². The maximum absolute atomic E-state index is 12.8. The lowest BCUT2D eigenvalue weighted by Gasteiger charge is -2.30. The average molecular weight is 331 g/mol. The van der Waals surface area contributed by atoms with Gasteiger partial charge in [0.25, 0.3) is 5.91 Å². The molecule has 0 spiro atoms. The second-order valence-electron chi connectivity index (χ2n) is 5.51. The molecule has 5 heteroatoms. The monoisotopic (exact) mass is 331 g/mol. The van der Waals surface area contributed by atoms with Crippen LogP contribution in [0.2, 0.25) is 0 Å². The molecule has 1 heterocycles. The minimum absolute atomic E-state index is 0.0230. The fourth-order valence-electron chi connectivity index (χ4n) is 2.72. The highest BCUT2D eigenvalue weighted by Crippen LogP contribution is 2.17. The molecule has 0 saturated heterocycles. The number of nitrogens with two attached hydrogens (primary N) is 1. The third-order valence-electron chi connectivity index (χ3n) is 3.96. The lowest BCUT2D eigenvalue weighted by molar-refractivity contribution is 0.0678. The third kappa shape index (κ3) is 4.62. The first-order valence-electron chi connectivity index (χ1n) is 8.18. The zero-order chi connectivity index (χ0) is 16.7. The molecule has 0 radical (unpaired) electrons. The van der Waals surface area contributed by atoms with Crippen molar-refractivity contribution in [3.63, 3.8) is 0 Å². The van der Waals surface area contributed by atoms with E-state index in [-0.39, 0.29) is 11.9 Å². The van der Waals surface area contributed by atoms with Crippen molar-refractivity contribution in [1.29, 1.82) is 0 Å². The molecule has 0 aliphatic rings. The Labute approximate surface area is 142 Å². The zero-order valence-electron chi connectivity index (χ0n) is 13.9. The van der Waals surface area contributed by atoms with E-state index in [1.54, 1.807) is 0 Å². The molecule has 1 unspecified atom stereocenters. The summed E-state index contributed by atoms with van der Waals surface area (Å²) in [6.07, 6.45) is 2.52. The van der Waals surface area contributed by atoms with E-state index in [2.05, 4.69) is 24.0 Å². The minimum atomic E-state index is 0.0230. The molecule has 2 rings (SSSR count). The van der Waals surface area contributed by atoms with E-state index in [0.717, 1.165) is 24.3 Å². The lowest BCUT2D eigenvalue weighted by atomic mass is 10.0. The molecule has 2 N–H and O–H groups in total. The van der Waals surface area contributed by atoms with Crippen molar-refractivity contribution in [3.05, 3.63) is 52.0 Å². The summed E-state index contributed by atoms with van der Waals surface area (Å²) in [5.74, 6) is 0.0230. The number of rotatable bonds is 8. The Morgan fingerprint density at radius 3 is 2.65 bits per heavy atom. The maximum atomic E-state index is 12.8. The highest BCUT2D eigenvalue weighted by Gasteiger charge is 2.24. The molecule has 0 aliphatic carbocycles. The molecule has 0 saturated carbocycles. The van der Waals surface area contributed by atoms with Gasteiger partial charge >= 0.3 is 0 Å². The fourth-order valence-corrected chi connectivity index (χ4v) is 3.51. The fraction of sp³-hybridized carbons (Fsp3) is 0.444. The molecule has 0 fully saturated rings. The molecule has 23 heavy (non-hydrogen) atoms. The summed E-state index contributed by atoms with van der Waals surface area (Å²) in [5, 5.41) is 2.79. The number of benzene rings is 1. The van der Waals surface area contributed by atoms with E-state index in [9.17, 15) is 4.79 Å². The van der Waals surface area contributed by atoms with Crippen LogP contribution < -0.4 is 5.73 Å². The van der Waals surface area contributed by atoms with Gasteiger partial charge in [-0.25, -0.2) is 4.98 Å². The molecule has 0 bridgehead atoms. The van der Waals surface area contributed by atoms with Crippen LogP contribution in [0.25, 0.3) is 0 Å². The molecule has 4 nitrogen and oxygen atoms in total. The highest BCUT2D eigenvalue weighted by molar-refractivity contribution is 7.09. The first-order chi connectivity index (χ1) is 11.2. The summed E-state index contributed by atoms with van der Waals surface area (Å²) in [6.45, 7) is 5.40. The van der Waals surface area contributed by atoms with Crippen molar-refractivity contribution in [2.24, 2.45) is 5.73 Å². The van der Waals surface area contributed by atoms with Crippen LogP contribution in [0.1, 0.15) is 41.3 Å². The van der Waals surface area contributed by atoms with Crippen molar-refractivity contribution < 1.29 is 4.79 Å². The normalized spacial score (nSPS) is 12.1. The van der Waals surface area contributed by atoms with Crippen molar-refractivity contribution in [2.75, 3.05) is 13.1 Å². The summed E-state index contributed by atoms with van der Waals surface area (Å²) >= 11 is 1.52. The minimum Gasteiger partial charge on any atom is -0.334 e. The lowest BCUT2D eigenvalue weighted by Crippen LogP contribution is -2.41. The molecular weight excluding hydrogens is 306 g/mol. The number of aromatic nitrogens is 1. The number of nitrogens with zero attached hydrogens (tertiary/aromatic N) is 2. The molecule has 2 aromatic rings. The van der Waals surface area contributed by atoms with Gasteiger partial charge in [-0.3, -0.25) is 4.79 Å². The molecule has 1 aromatic carbocycles. The second kappa shape index (κ2) is 8.79. The van der Waals surface area contributed by atoms with Gasteiger partial charge in [0.2, 0.25) is 0 Å². The number of likely N-dealkylation sites (N-methyl/N-ethyl adjacent to an activating group) is 1. The van der Waals surface area contributed by atoms with E-state index >= 15 is 0 Å². The summed E-state index contributed by atoms with van der Waals surface area (Å²) < 4.78 is 0. The van der Waals surface area contributed by atoms with Gasteiger partial charge in [0, 0.05) is 24.4 Å². The van der Waals surface area contributed by atoms with Gasteiger partial charge in [0.15, 0.2) is 0 Å². The number of amides is 1. The van der Waals surface area contributed by atoms with Crippen LogP contribution in [0.15, 0.2) is 35.7 Å². The van der Waals surface area contributed by atoms with Crippen LogP contribution >= 0.6 is 11.3 Å². The van der Waals surface area contributed by atoms with Crippen molar-refractivity contribution in [1.82, 2.24) is 9.88 Å². The van der Waals surface area contributed by atoms with Crippen molar-refractivity contribution in [2.45, 2.75) is 39.2 Å². The largest absolute Gasteiger partial charge is 0.334 e. The summed E-state index contributed by atoms with van der Waals surface area (Å²) in [6, 6.07) is 10.5. The van der Waals surface area contributed by atoms with E-state index in [0.29, 0.717) is 18.8 Å². The van der Waals surface area contributed by atoms with Gasteiger partial charge in [-0.05, 0) is 31.9 Å². The van der Waals surface area contributed by atoms with Gasteiger partial charge in [-0.15, -0.1) is 11.3 Å². The highest BCUT2D eigenvalue weighted by atomic mass is 32.1. The van der Waals surface area contributed by atoms with E-state index in [4.69, 9.17) is 5.73 Å². The quantitative estimate of drug-likeness (QED) is 0.808. The molecule has 1 atom stereocenters. The van der Waals surface area contributed by atoms with Gasteiger partial charge < -0.3 is 10.6 Å². The molecule has 0 aliphatic heterocycles. The number of hydrogen-bond donors (Lipinski definition) is 1. The molecule has 1 amide bonds. The Hall–Kier alpha value is -1.72. The SMILES string of the molecule is CCC(Cc1ccccc1)N(CC)C(=O)c1csc(CCN)n1. The van der Waals surface area contributed by atoms with Crippen LogP contribution in [-0.4, -0.2) is 34.9 Å². The Morgan fingerprint density at radius 1 is 1.30 bits per heavy atom. The first-order valence-corrected chi connectivity index (χ1v) is 9.06. The third-order valence-corrected chi connectivity index (χ3v) is 4.87. The number of carbonyl (C=O) groups excluding carboxylic acids is 1. The predicted octanol–water partition coefficient (Wildman–Crippen LogP) is 3.13. The number of hydrogen-bond acceptors (Lipinski definition) is 4. The smallest absolute Gasteiger partial charge is 0.273 e. The zero-order valence-corrected chi connectivity index (χ0v) is 14.7. The van der Waals surface area contributed by atoms with Gasteiger partial charge in [-0.1, -0.05) is 37.3 Å². The first kappa shape index (κ1) is 17.6.